The Morgan fingerprint density at radius 2 is 2.35 bits per heavy atom. The van der Waals surface area contributed by atoms with Crippen molar-refractivity contribution in [1.82, 2.24) is 20.0 Å². The number of hydrogen-bond acceptors (Lipinski definition) is 6. The van der Waals surface area contributed by atoms with Crippen LogP contribution in [0.3, 0.4) is 0 Å². The van der Waals surface area contributed by atoms with Crippen LogP contribution in [0.25, 0.3) is 0 Å². The number of aryl methyl sites for hydroxylation is 1. The van der Waals surface area contributed by atoms with Crippen molar-refractivity contribution in [2.75, 3.05) is 6.54 Å². The summed E-state index contributed by atoms with van der Waals surface area (Å²) in [7, 11) is 0. The molecule has 0 saturated carbocycles. The third-order valence-corrected chi connectivity index (χ3v) is 3.01. The molecule has 3 rings (SSSR count). The molecule has 0 spiro atoms. The zero-order valence-corrected chi connectivity index (χ0v) is 10.4. The molecule has 1 aliphatic rings. The van der Waals surface area contributed by atoms with Crippen LogP contribution in [-0.4, -0.2) is 38.4 Å². The Balaban J connectivity index is 1.93. The first-order chi connectivity index (χ1) is 9.46. The molecule has 20 heavy (non-hydrogen) atoms. The maximum Gasteiger partial charge on any atom is 0.276 e. The number of oxazole rings is 1. The minimum absolute atomic E-state index is 0.00322. The molecule has 1 fully saturated rings. The van der Waals surface area contributed by atoms with Crippen molar-refractivity contribution >= 4 is 5.91 Å². The zero-order chi connectivity index (χ0) is 14.3. The fraction of sp³-hybridized carbons (Fsp3) is 0.455. The summed E-state index contributed by atoms with van der Waals surface area (Å²) in [6.45, 7) is 0.856. The molecule has 9 heteroatoms. The van der Waals surface area contributed by atoms with Crippen LogP contribution in [0.1, 0.15) is 34.7 Å². The number of rotatable bonds is 2. The molecule has 1 saturated heterocycles. The van der Waals surface area contributed by atoms with Gasteiger partial charge in [0.25, 0.3) is 11.8 Å². The molecule has 106 valence electrons. The first-order valence-corrected chi connectivity index (χ1v) is 5.83. The van der Waals surface area contributed by atoms with E-state index < -0.39 is 30.8 Å². The quantitative estimate of drug-likeness (QED) is 0.832. The molecular formula is C11H10F2N4O3. The van der Waals surface area contributed by atoms with Gasteiger partial charge in [-0.3, -0.25) is 4.79 Å². The van der Waals surface area contributed by atoms with Crippen LogP contribution >= 0.6 is 0 Å². The predicted molar refractivity (Wildman–Crippen MR) is 58.9 cm³/mol. The number of nitrogens with zero attached hydrogens (tertiary/aromatic N) is 4. The van der Waals surface area contributed by atoms with E-state index in [0.717, 1.165) is 17.6 Å². The Labute approximate surface area is 111 Å². The summed E-state index contributed by atoms with van der Waals surface area (Å²) in [4.78, 5) is 20.7. The van der Waals surface area contributed by atoms with Crippen molar-refractivity contribution in [2.45, 2.75) is 25.3 Å². The molecule has 2 aromatic heterocycles. The van der Waals surface area contributed by atoms with Gasteiger partial charge >= 0.3 is 0 Å². The number of carbonyl (C=O) groups excluding carboxylic acids is 1. The third-order valence-electron chi connectivity index (χ3n) is 3.01. The fourth-order valence-electron chi connectivity index (χ4n) is 2.16. The van der Waals surface area contributed by atoms with Gasteiger partial charge in [0.05, 0.1) is 6.54 Å². The van der Waals surface area contributed by atoms with E-state index >= 15 is 0 Å². The molecule has 1 atom stereocenters. The smallest absolute Gasteiger partial charge is 0.276 e. The Bertz CT molecular complexity index is 625. The Hall–Kier alpha value is -2.32. The van der Waals surface area contributed by atoms with Crippen molar-refractivity contribution in [3.8, 4) is 0 Å². The number of alkyl halides is 2. The van der Waals surface area contributed by atoms with Gasteiger partial charge in [0, 0.05) is 6.42 Å². The van der Waals surface area contributed by atoms with Crippen LogP contribution in [0, 0.1) is 6.92 Å². The van der Waals surface area contributed by atoms with Crippen molar-refractivity contribution in [1.29, 1.82) is 0 Å². The van der Waals surface area contributed by atoms with Crippen LogP contribution < -0.4 is 0 Å². The minimum Gasteiger partial charge on any atom is -0.451 e. The number of amides is 1. The summed E-state index contributed by atoms with van der Waals surface area (Å²) in [6, 6.07) is -0.963. The van der Waals surface area contributed by atoms with Gasteiger partial charge in [0.1, 0.15) is 12.3 Å². The first kappa shape index (κ1) is 12.7. The number of carbonyl (C=O) groups is 1. The average Bonchev–Trinajstić information content (AvgIpc) is 3.07. The molecule has 7 nitrogen and oxygen atoms in total. The second-order valence-electron chi connectivity index (χ2n) is 4.56. The fourth-order valence-corrected chi connectivity index (χ4v) is 2.16. The highest BCUT2D eigenvalue weighted by Crippen LogP contribution is 2.41. The maximum atomic E-state index is 13.6. The molecule has 0 N–H and O–H groups in total. The second-order valence-corrected chi connectivity index (χ2v) is 4.56. The van der Waals surface area contributed by atoms with Gasteiger partial charge in [-0.05, 0) is 6.92 Å². The summed E-state index contributed by atoms with van der Waals surface area (Å²) < 4.78 is 36.8. The largest absolute Gasteiger partial charge is 0.451 e. The van der Waals surface area contributed by atoms with E-state index in [9.17, 15) is 13.6 Å². The molecule has 2 aromatic rings. The lowest BCUT2D eigenvalue weighted by Crippen LogP contribution is -2.33. The number of aromatic nitrogens is 3. The standard InChI is InChI=1S/C11H10F2N4O3/c1-6-15-9(20-16-6)8-2-11(12,13)4-17(8)10(18)7-3-19-5-14-7/h3,5,8H,2,4H2,1H3/t8-/m0/s1. The van der Waals surface area contributed by atoms with E-state index in [4.69, 9.17) is 8.94 Å². The van der Waals surface area contributed by atoms with Crippen LogP contribution in [0.4, 0.5) is 8.78 Å². The summed E-state index contributed by atoms with van der Waals surface area (Å²) in [5, 5.41) is 3.56. The minimum atomic E-state index is -3.01. The van der Waals surface area contributed by atoms with E-state index in [1.165, 1.54) is 0 Å². The maximum absolute atomic E-state index is 13.6. The molecule has 0 bridgehead atoms. The normalized spacial score (nSPS) is 21.4. The highest BCUT2D eigenvalue weighted by molar-refractivity contribution is 5.92. The van der Waals surface area contributed by atoms with Crippen molar-refractivity contribution < 1.29 is 22.5 Å². The van der Waals surface area contributed by atoms with Crippen molar-refractivity contribution in [3.05, 3.63) is 30.1 Å². The predicted octanol–water partition coefficient (Wildman–Crippen LogP) is 1.59. The highest BCUT2D eigenvalue weighted by Gasteiger charge is 2.50. The number of halogens is 2. The highest BCUT2D eigenvalue weighted by atomic mass is 19.3. The number of likely N-dealkylation sites (tertiary alicyclic amines) is 1. The molecular weight excluding hydrogens is 274 g/mol. The lowest BCUT2D eigenvalue weighted by atomic mass is 10.2. The third kappa shape index (κ3) is 2.15. The van der Waals surface area contributed by atoms with E-state index in [0.29, 0.717) is 5.82 Å². The SMILES string of the molecule is Cc1noc([C@@H]2CC(F)(F)CN2C(=O)c2cocn2)n1. The van der Waals surface area contributed by atoms with Gasteiger partial charge in [-0.2, -0.15) is 4.98 Å². The van der Waals surface area contributed by atoms with E-state index in [2.05, 4.69) is 15.1 Å². The van der Waals surface area contributed by atoms with E-state index in [1.54, 1.807) is 6.92 Å². The Kier molecular flexibility index (Phi) is 2.77. The lowest BCUT2D eigenvalue weighted by Gasteiger charge is -2.19. The van der Waals surface area contributed by atoms with Crippen molar-refractivity contribution in [3.63, 3.8) is 0 Å². The Morgan fingerprint density at radius 1 is 1.55 bits per heavy atom. The zero-order valence-electron chi connectivity index (χ0n) is 10.4. The van der Waals surface area contributed by atoms with Crippen LogP contribution in [0.2, 0.25) is 0 Å². The Morgan fingerprint density at radius 3 is 2.95 bits per heavy atom. The monoisotopic (exact) mass is 284 g/mol. The van der Waals surface area contributed by atoms with Crippen LogP contribution in [0.5, 0.6) is 0 Å². The topological polar surface area (TPSA) is 85.3 Å². The molecule has 0 aliphatic carbocycles. The number of hydrogen-bond donors (Lipinski definition) is 0. The lowest BCUT2D eigenvalue weighted by molar-refractivity contribution is 0.0116. The van der Waals surface area contributed by atoms with Crippen molar-refractivity contribution in [2.24, 2.45) is 0 Å². The van der Waals surface area contributed by atoms with E-state index in [-0.39, 0.29) is 11.6 Å². The van der Waals surface area contributed by atoms with Gasteiger partial charge < -0.3 is 13.8 Å². The van der Waals surface area contributed by atoms with Gasteiger partial charge in [-0.25, -0.2) is 13.8 Å². The van der Waals surface area contributed by atoms with Gasteiger partial charge in [0.15, 0.2) is 17.9 Å². The van der Waals surface area contributed by atoms with E-state index in [1.807, 2.05) is 0 Å². The molecule has 3 heterocycles. The molecule has 0 radical (unpaired) electrons. The van der Waals surface area contributed by atoms with Gasteiger partial charge in [-0.1, -0.05) is 5.16 Å². The van der Waals surface area contributed by atoms with Crippen LogP contribution in [-0.2, 0) is 0 Å². The first-order valence-electron chi connectivity index (χ1n) is 5.83. The van der Waals surface area contributed by atoms with Gasteiger partial charge in [0.2, 0.25) is 5.89 Å². The molecule has 0 unspecified atom stereocenters. The molecule has 1 aliphatic heterocycles. The van der Waals surface area contributed by atoms with Crippen LogP contribution in [0.15, 0.2) is 21.6 Å². The molecule has 0 aromatic carbocycles. The average molecular weight is 284 g/mol. The summed E-state index contributed by atoms with van der Waals surface area (Å²) in [5.74, 6) is -3.34. The summed E-state index contributed by atoms with van der Waals surface area (Å²) in [5.41, 5.74) is -0.0380. The summed E-state index contributed by atoms with van der Waals surface area (Å²) >= 11 is 0. The molecule has 1 amide bonds. The van der Waals surface area contributed by atoms with Gasteiger partial charge in [-0.15, -0.1) is 0 Å². The summed E-state index contributed by atoms with van der Waals surface area (Å²) in [6.07, 6.45) is 1.61. The second kappa shape index (κ2) is 4.36.